The van der Waals surface area contributed by atoms with E-state index in [1.807, 2.05) is 6.92 Å². The van der Waals surface area contributed by atoms with Crippen LogP contribution in [0.15, 0.2) is 0 Å². The molecule has 0 aromatic heterocycles. The monoisotopic (exact) mass is 416 g/mol. The first-order valence-corrected chi connectivity index (χ1v) is 11.5. The van der Waals surface area contributed by atoms with Crippen LogP contribution in [0.1, 0.15) is 51.9 Å². The van der Waals surface area contributed by atoms with Crippen LogP contribution in [-0.2, 0) is 14.8 Å². The number of nitro groups is 1. The van der Waals surface area contributed by atoms with Crippen LogP contribution in [0.5, 0.6) is 0 Å². The summed E-state index contributed by atoms with van der Waals surface area (Å²) >= 11 is 0. The Morgan fingerprint density at radius 3 is 2.57 bits per heavy atom. The Balaban J connectivity index is 1.41. The predicted molar refractivity (Wildman–Crippen MR) is 99.7 cm³/mol. The molecule has 4 rings (SSSR count). The number of fused-ring (bicyclic) bond motifs is 1. The van der Waals surface area contributed by atoms with E-state index in [4.69, 9.17) is 4.74 Å². The maximum Gasteiger partial charge on any atom is 0.320 e. The quantitative estimate of drug-likeness (QED) is 0.507. The van der Waals surface area contributed by atoms with E-state index in [1.165, 1.54) is 0 Å². The molecular formula is C17H28N4O6S. The number of sulfonamides is 1. The molecule has 0 aromatic carbocycles. The summed E-state index contributed by atoms with van der Waals surface area (Å²) in [5, 5.41) is 10.4. The largest absolute Gasteiger partial charge is 0.323 e. The number of nitrogens with zero attached hydrogens (tertiary/aromatic N) is 3. The predicted octanol–water partition coefficient (Wildman–Crippen LogP) is 0.897. The van der Waals surface area contributed by atoms with Crippen molar-refractivity contribution in [2.24, 2.45) is 0 Å². The van der Waals surface area contributed by atoms with E-state index in [-0.39, 0.29) is 29.8 Å². The summed E-state index contributed by atoms with van der Waals surface area (Å²) in [6.45, 7) is 2.24. The Morgan fingerprint density at radius 1 is 1.25 bits per heavy atom. The van der Waals surface area contributed by atoms with Crippen LogP contribution < -0.4 is 4.72 Å². The summed E-state index contributed by atoms with van der Waals surface area (Å²) in [4.78, 5) is 26.6. The Labute approximate surface area is 164 Å². The maximum atomic E-state index is 12.8. The fourth-order valence-corrected chi connectivity index (χ4v) is 6.72. The molecule has 2 amide bonds. The van der Waals surface area contributed by atoms with Gasteiger partial charge in [0, 0.05) is 25.6 Å². The zero-order chi connectivity index (χ0) is 20.3. The standard InChI is InChI=1S/C17H28N4O6S/c1-17(7-8-17)18-28(25,26)12-4-5-13-14(9-12)19(2)16(22)20(13)10-11-3-6-15(27-11)21(23)24/h11-15,18H,3-10H2,1-2H3. The minimum absolute atomic E-state index is 0.0706. The van der Waals surface area contributed by atoms with Gasteiger partial charge in [-0.2, -0.15) is 0 Å². The number of urea groups is 1. The van der Waals surface area contributed by atoms with Crippen LogP contribution in [-0.4, -0.2) is 78.0 Å². The highest BCUT2D eigenvalue weighted by Gasteiger charge is 2.51. The molecule has 158 valence electrons. The molecule has 2 aliphatic carbocycles. The molecule has 1 N–H and O–H groups in total. The van der Waals surface area contributed by atoms with Gasteiger partial charge in [-0.3, -0.25) is 10.1 Å². The van der Waals surface area contributed by atoms with Crippen molar-refractivity contribution in [3.63, 3.8) is 0 Å². The molecule has 28 heavy (non-hydrogen) atoms. The van der Waals surface area contributed by atoms with Gasteiger partial charge in [0.15, 0.2) is 0 Å². The third-order valence-corrected chi connectivity index (χ3v) is 8.81. The summed E-state index contributed by atoms with van der Waals surface area (Å²) in [6.07, 6.45) is 2.83. The first kappa shape index (κ1) is 19.8. The molecule has 2 saturated carbocycles. The molecule has 0 spiro atoms. The first-order valence-electron chi connectivity index (χ1n) is 9.95. The van der Waals surface area contributed by atoms with Gasteiger partial charge in [-0.05, 0) is 45.4 Å². The van der Waals surface area contributed by atoms with E-state index in [1.54, 1.807) is 16.8 Å². The molecule has 2 saturated heterocycles. The van der Waals surface area contributed by atoms with Crippen LogP contribution in [0.25, 0.3) is 0 Å². The van der Waals surface area contributed by atoms with Crippen molar-refractivity contribution in [3.8, 4) is 0 Å². The number of hydrogen-bond acceptors (Lipinski definition) is 6. The highest BCUT2D eigenvalue weighted by molar-refractivity contribution is 7.90. The molecule has 0 aromatic rings. The summed E-state index contributed by atoms with van der Waals surface area (Å²) in [5.74, 6) is 0. The van der Waals surface area contributed by atoms with Gasteiger partial charge >= 0.3 is 12.3 Å². The highest BCUT2D eigenvalue weighted by Crippen LogP contribution is 2.39. The Hall–Kier alpha value is -1.46. The Morgan fingerprint density at radius 2 is 1.96 bits per heavy atom. The van der Waals surface area contributed by atoms with Gasteiger partial charge in [-0.1, -0.05) is 0 Å². The second-order valence-corrected chi connectivity index (χ2v) is 10.9. The number of carbonyl (C=O) groups is 1. The first-order chi connectivity index (χ1) is 13.1. The SMILES string of the molecule is CN1C(=O)N(CC2CCC([N+](=O)[O-])O2)C2CCC(S(=O)(=O)NC3(C)CC3)CC21. The third kappa shape index (κ3) is 3.59. The molecule has 10 nitrogen and oxygen atoms in total. The molecule has 4 aliphatic rings. The minimum Gasteiger partial charge on any atom is -0.323 e. The second-order valence-electron chi connectivity index (χ2n) is 8.90. The van der Waals surface area contributed by atoms with Crippen LogP contribution in [0.3, 0.4) is 0 Å². The van der Waals surface area contributed by atoms with Crippen molar-refractivity contribution < 1.29 is 22.9 Å². The summed E-state index contributed by atoms with van der Waals surface area (Å²) in [5.41, 5.74) is -0.299. The number of amides is 2. The zero-order valence-electron chi connectivity index (χ0n) is 16.2. The van der Waals surface area contributed by atoms with Crippen LogP contribution in [0, 0.1) is 10.1 Å². The van der Waals surface area contributed by atoms with Crippen molar-refractivity contribution >= 4 is 16.1 Å². The molecule has 5 atom stereocenters. The highest BCUT2D eigenvalue weighted by atomic mass is 32.2. The average molecular weight is 417 g/mol. The number of ether oxygens (including phenoxy) is 1. The number of nitrogens with one attached hydrogen (secondary N) is 1. The molecule has 5 unspecified atom stereocenters. The van der Waals surface area contributed by atoms with E-state index in [0.29, 0.717) is 38.6 Å². The fourth-order valence-electron chi connectivity index (χ4n) is 4.77. The lowest BCUT2D eigenvalue weighted by atomic mass is 9.90. The summed E-state index contributed by atoms with van der Waals surface area (Å²) in [6, 6.07) is -0.385. The summed E-state index contributed by atoms with van der Waals surface area (Å²) < 4.78 is 33.8. The van der Waals surface area contributed by atoms with E-state index in [0.717, 1.165) is 12.8 Å². The van der Waals surface area contributed by atoms with E-state index in [9.17, 15) is 23.3 Å². The third-order valence-electron chi connectivity index (χ3n) is 6.73. The zero-order valence-corrected chi connectivity index (χ0v) is 17.1. The lowest BCUT2D eigenvalue weighted by Crippen LogP contribution is -2.50. The van der Waals surface area contributed by atoms with Crippen molar-refractivity contribution in [2.75, 3.05) is 13.6 Å². The number of carbonyl (C=O) groups excluding carboxylic acids is 1. The molecule has 4 fully saturated rings. The van der Waals surface area contributed by atoms with Crippen molar-refractivity contribution in [3.05, 3.63) is 10.1 Å². The second kappa shape index (κ2) is 6.81. The lowest BCUT2D eigenvalue weighted by Gasteiger charge is -2.36. The Kier molecular flexibility index (Phi) is 4.82. The molecule has 2 heterocycles. The van der Waals surface area contributed by atoms with Gasteiger partial charge in [-0.25, -0.2) is 17.9 Å². The molecule has 0 bridgehead atoms. The minimum atomic E-state index is -3.42. The van der Waals surface area contributed by atoms with Gasteiger partial charge in [0.1, 0.15) is 0 Å². The fraction of sp³-hybridized carbons (Fsp3) is 0.941. The van der Waals surface area contributed by atoms with Crippen LogP contribution >= 0.6 is 0 Å². The van der Waals surface area contributed by atoms with E-state index >= 15 is 0 Å². The average Bonchev–Trinajstić information content (AvgIpc) is 3.07. The smallest absolute Gasteiger partial charge is 0.320 e. The van der Waals surface area contributed by atoms with Crippen LogP contribution in [0.2, 0.25) is 0 Å². The van der Waals surface area contributed by atoms with Crippen LogP contribution in [0.4, 0.5) is 4.79 Å². The van der Waals surface area contributed by atoms with Crippen molar-refractivity contribution in [1.82, 2.24) is 14.5 Å². The van der Waals surface area contributed by atoms with E-state index < -0.39 is 26.4 Å². The number of hydrogen-bond donors (Lipinski definition) is 1. The summed E-state index contributed by atoms with van der Waals surface area (Å²) in [7, 11) is -1.71. The van der Waals surface area contributed by atoms with Gasteiger partial charge < -0.3 is 14.5 Å². The van der Waals surface area contributed by atoms with Gasteiger partial charge in [-0.15, -0.1) is 0 Å². The molecule has 2 aliphatic heterocycles. The number of likely N-dealkylation sites (N-methyl/N-ethyl adjacent to an activating group) is 1. The van der Waals surface area contributed by atoms with Gasteiger partial charge in [0.25, 0.3) is 0 Å². The van der Waals surface area contributed by atoms with Gasteiger partial charge in [0.2, 0.25) is 10.0 Å². The molecule has 0 radical (unpaired) electrons. The normalized spacial score (nSPS) is 37.2. The number of rotatable bonds is 6. The maximum absolute atomic E-state index is 12.8. The topological polar surface area (TPSA) is 122 Å². The molecular weight excluding hydrogens is 388 g/mol. The Bertz CT molecular complexity index is 770. The lowest BCUT2D eigenvalue weighted by molar-refractivity contribution is -0.571. The van der Waals surface area contributed by atoms with Gasteiger partial charge in [0.05, 0.1) is 28.4 Å². The van der Waals surface area contributed by atoms with Crippen molar-refractivity contribution in [1.29, 1.82) is 0 Å². The van der Waals surface area contributed by atoms with E-state index in [2.05, 4.69) is 4.72 Å². The molecule has 11 heteroatoms. The van der Waals surface area contributed by atoms with Crippen molar-refractivity contribution in [2.45, 2.75) is 87.1 Å².